The second-order valence-electron chi connectivity index (χ2n) is 3.95. The van der Waals surface area contributed by atoms with Crippen LogP contribution in [0.15, 0.2) is 0 Å². The van der Waals surface area contributed by atoms with Crippen molar-refractivity contribution in [2.24, 2.45) is 11.8 Å². The average molecular weight is 190 g/mol. The van der Waals surface area contributed by atoms with E-state index in [1.165, 1.54) is 0 Å². The molecule has 0 saturated carbocycles. The largest absolute Gasteiger partial charge is 0.381 e. The maximum Gasteiger partial charge on any atom is 0.0494 e. The first-order valence-electron chi connectivity index (χ1n) is 4.37. The number of hydrogen-bond acceptors (Lipinski definition) is 2. The van der Waals surface area contributed by atoms with Crippen LogP contribution in [-0.2, 0) is 14.3 Å². The number of hydrogen-bond donors (Lipinski definition) is 0. The lowest BCUT2D eigenvalue weighted by Crippen LogP contribution is -2.30. The first-order chi connectivity index (χ1) is 5.49. The van der Waals surface area contributed by atoms with Crippen LogP contribution in [0.2, 0.25) is 0 Å². The molecule has 0 aromatic heterocycles. The maximum atomic E-state index is 11.4. The van der Waals surface area contributed by atoms with Crippen molar-refractivity contribution in [2.45, 2.75) is 13.3 Å². The Balaban J connectivity index is 2.50. The molecule has 1 rings (SSSR count). The highest BCUT2D eigenvalue weighted by molar-refractivity contribution is 7.99. The third-order valence-electron chi connectivity index (χ3n) is 2.39. The highest BCUT2D eigenvalue weighted by atomic mass is 32.2. The van der Waals surface area contributed by atoms with Crippen LogP contribution in [0.1, 0.15) is 13.3 Å². The lowest BCUT2D eigenvalue weighted by atomic mass is 9.92. The lowest BCUT2D eigenvalue weighted by molar-refractivity contribution is 0.0315. The van der Waals surface area contributed by atoms with Gasteiger partial charge >= 0.3 is 0 Å². The summed E-state index contributed by atoms with van der Waals surface area (Å²) in [5, 5.41) is 0. The molecule has 1 fully saturated rings. The van der Waals surface area contributed by atoms with Crippen molar-refractivity contribution < 1.29 is 8.95 Å². The Bertz CT molecular complexity index is 231. The zero-order valence-corrected chi connectivity index (χ0v) is 8.73. The molecule has 12 heavy (non-hydrogen) atoms. The van der Waals surface area contributed by atoms with Gasteiger partial charge in [0.1, 0.15) is 0 Å². The Morgan fingerprint density at radius 2 is 2.33 bits per heavy atom. The summed E-state index contributed by atoms with van der Waals surface area (Å²) in [5.74, 6) is 5.54. The Kier molecular flexibility index (Phi) is 3.18. The summed E-state index contributed by atoms with van der Waals surface area (Å²) in [6.45, 7) is 3.81. The van der Waals surface area contributed by atoms with E-state index in [-0.39, 0.29) is 0 Å². The molecule has 1 heterocycles. The molecule has 3 heteroatoms. The van der Waals surface area contributed by atoms with Crippen molar-refractivity contribution in [3.8, 4) is 0 Å². The minimum Gasteiger partial charge on any atom is -0.381 e. The molecule has 0 bridgehead atoms. The molecular weight excluding hydrogens is 172 g/mol. The standard InChI is InChI=1S/C9H18O2S/c1-8-6-11-5-4-9(8)7-12(2,3)10/h8-9H,2,4-7H2,1,3H3/t8-,9?,12?/m0/s1. The van der Waals surface area contributed by atoms with Gasteiger partial charge in [-0.1, -0.05) is 6.92 Å². The SMILES string of the molecule is C=S(C)(=O)CC1CCOC[C@@H]1C. The average Bonchev–Trinajstić information content (AvgIpc) is 1.91. The Morgan fingerprint density at radius 3 is 2.83 bits per heavy atom. The molecule has 1 saturated heterocycles. The second-order valence-corrected chi connectivity index (χ2v) is 6.65. The van der Waals surface area contributed by atoms with Crippen LogP contribution in [0, 0.1) is 11.8 Å². The molecule has 1 aliphatic rings. The topological polar surface area (TPSA) is 26.3 Å². The summed E-state index contributed by atoms with van der Waals surface area (Å²) in [4.78, 5) is 0. The molecule has 0 N–H and O–H groups in total. The van der Waals surface area contributed by atoms with Gasteiger partial charge in [0, 0.05) is 25.2 Å². The molecule has 1 aliphatic heterocycles. The summed E-state index contributed by atoms with van der Waals surface area (Å²) >= 11 is 0. The van der Waals surface area contributed by atoms with Gasteiger partial charge in [0.2, 0.25) is 0 Å². The minimum atomic E-state index is -1.81. The highest BCUT2D eigenvalue weighted by Gasteiger charge is 2.23. The fourth-order valence-electron chi connectivity index (χ4n) is 1.62. The highest BCUT2D eigenvalue weighted by Crippen LogP contribution is 2.22. The van der Waals surface area contributed by atoms with Crippen LogP contribution in [0.5, 0.6) is 0 Å². The van der Waals surface area contributed by atoms with Gasteiger partial charge in [-0.05, 0) is 33.6 Å². The first kappa shape index (κ1) is 10.1. The molecule has 0 aromatic rings. The first-order valence-corrected chi connectivity index (χ1v) is 6.67. The minimum absolute atomic E-state index is 0.543. The number of ether oxygens (including phenoxy) is 1. The summed E-state index contributed by atoms with van der Waals surface area (Å²) in [5.41, 5.74) is 0. The van der Waals surface area contributed by atoms with E-state index in [4.69, 9.17) is 4.74 Å². The maximum absolute atomic E-state index is 11.4. The van der Waals surface area contributed by atoms with Gasteiger partial charge in [-0.15, -0.1) is 0 Å². The third kappa shape index (κ3) is 3.15. The summed E-state index contributed by atoms with van der Waals surface area (Å²) in [6, 6.07) is 0. The van der Waals surface area contributed by atoms with Crippen molar-refractivity contribution in [3.63, 3.8) is 0 Å². The van der Waals surface area contributed by atoms with Crippen molar-refractivity contribution in [3.05, 3.63) is 0 Å². The van der Waals surface area contributed by atoms with E-state index in [0.29, 0.717) is 11.8 Å². The third-order valence-corrected chi connectivity index (χ3v) is 3.52. The van der Waals surface area contributed by atoms with E-state index in [1.807, 2.05) is 0 Å². The molecule has 0 aliphatic carbocycles. The van der Waals surface area contributed by atoms with Gasteiger partial charge < -0.3 is 4.74 Å². The quantitative estimate of drug-likeness (QED) is 0.607. The van der Waals surface area contributed by atoms with Gasteiger partial charge in [-0.25, -0.2) is 0 Å². The van der Waals surface area contributed by atoms with Gasteiger partial charge in [0.05, 0.1) is 0 Å². The van der Waals surface area contributed by atoms with Gasteiger partial charge in [0.25, 0.3) is 0 Å². The zero-order chi connectivity index (χ0) is 9.19. The Morgan fingerprint density at radius 1 is 1.67 bits per heavy atom. The van der Waals surface area contributed by atoms with Crippen LogP contribution in [0.4, 0.5) is 0 Å². The summed E-state index contributed by atoms with van der Waals surface area (Å²) in [6.07, 6.45) is 2.79. The lowest BCUT2D eigenvalue weighted by Gasteiger charge is -2.29. The fraction of sp³-hybridized carbons (Fsp3) is 0.889. The molecule has 2 unspecified atom stereocenters. The van der Waals surface area contributed by atoms with E-state index in [2.05, 4.69) is 12.8 Å². The fourth-order valence-corrected chi connectivity index (χ4v) is 3.03. The van der Waals surface area contributed by atoms with Crippen molar-refractivity contribution in [2.75, 3.05) is 25.2 Å². The van der Waals surface area contributed by atoms with Crippen molar-refractivity contribution in [1.82, 2.24) is 0 Å². The Hall–Kier alpha value is -0.0200. The number of rotatable bonds is 2. The zero-order valence-electron chi connectivity index (χ0n) is 7.91. The van der Waals surface area contributed by atoms with Crippen LogP contribution >= 0.6 is 0 Å². The van der Waals surface area contributed by atoms with E-state index >= 15 is 0 Å². The molecule has 0 spiro atoms. The molecule has 0 radical (unpaired) electrons. The van der Waals surface area contributed by atoms with Gasteiger partial charge in [0.15, 0.2) is 0 Å². The van der Waals surface area contributed by atoms with Crippen LogP contribution in [-0.4, -0.2) is 35.3 Å². The molecule has 2 nitrogen and oxygen atoms in total. The monoisotopic (exact) mass is 190 g/mol. The van der Waals surface area contributed by atoms with E-state index in [1.54, 1.807) is 6.26 Å². The van der Waals surface area contributed by atoms with E-state index in [9.17, 15) is 4.21 Å². The van der Waals surface area contributed by atoms with Gasteiger partial charge in [-0.2, -0.15) is 0 Å². The molecular formula is C9H18O2S. The van der Waals surface area contributed by atoms with E-state index in [0.717, 1.165) is 25.4 Å². The van der Waals surface area contributed by atoms with Crippen LogP contribution in [0.25, 0.3) is 0 Å². The summed E-state index contributed by atoms with van der Waals surface area (Å²) in [7, 11) is -1.81. The predicted molar refractivity (Wildman–Crippen MR) is 54.1 cm³/mol. The molecule has 72 valence electrons. The second kappa shape index (κ2) is 3.79. The smallest absolute Gasteiger partial charge is 0.0494 e. The van der Waals surface area contributed by atoms with E-state index < -0.39 is 9.52 Å². The molecule has 0 aromatic carbocycles. The normalized spacial score (nSPS) is 35.8. The van der Waals surface area contributed by atoms with Crippen LogP contribution in [0.3, 0.4) is 0 Å². The van der Waals surface area contributed by atoms with Gasteiger partial charge in [-0.3, -0.25) is 4.21 Å². The summed E-state index contributed by atoms with van der Waals surface area (Å²) < 4.78 is 16.8. The van der Waals surface area contributed by atoms with Crippen molar-refractivity contribution >= 4 is 15.4 Å². The van der Waals surface area contributed by atoms with Crippen molar-refractivity contribution in [1.29, 1.82) is 0 Å². The molecule has 3 atom stereocenters. The Labute approximate surface area is 75.3 Å². The van der Waals surface area contributed by atoms with Crippen LogP contribution < -0.4 is 0 Å². The predicted octanol–water partition coefficient (Wildman–Crippen LogP) is 1.01. The molecule has 0 amide bonds.